The Kier molecular flexibility index (Phi) is 9.83. The van der Waals surface area contributed by atoms with E-state index in [1.165, 1.54) is 40.2 Å². The number of hydrogen-bond acceptors (Lipinski definition) is 4. The molecule has 0 saturated heterocycles. The number of nitrogens with zero attached hydrogens (tertiary/aromatic N) is 3. The molecule has 12 aromatic rings. The first-order valence-corrected chi connectivity index (χ1v) is 22.2. The molecule has 0 fully saturated rings. The van der Waals surface area contributed by atoms with Gasteiger partial charge in [-0.25, -0.2) is 0 Å². The van der Waals surface area contributed by atoms with Gasteiger partial charge in [-0.3, -0.25) is 16.3 Å². The van der Waals surface area contributed by atoms with Gasteiger partial charge in [0, 0.05) is 56.4 Å². The van der Waals surface area contributed by atoms with Gasteiger partial charge < -0.3 is 14.0 Å². The molecule has 0 N–H and O–H groups in total. The molecular weight excluding hydrogens is 1000 g/mol. The normalized spacial score (nSPS) is 12.9. The summed E-state index contributed by atoms with van der Waals surface area (Å²) in [6, 6.07) is 64.6. The molecule has 0 aliphatic carbocycles. The van der Waals surface area contributed by atoms with E-state index in [1.807, 2.05) is 0 Å². The Labute approximate surface area is 410 Å². The second-order valence-electron chi connectivity index (χ2n) is 16.2. The molecule has 4 aromatic heterocycles. The van der Waals surface area contributed by atoms with Crippen molar-refractivity contribution in [2.45, 2.75) is 27.6 Å². The monoisotopic (exact) mass is 1050 g/mol. The first-order chi connectivity index (χ1) is 34.3. The van der Waals surface area contributed by atoms with Crippen LogP contribution in [0, 0.1) is 39.0 Å². The van der Waals surface area contributed by atoms with Crippen molar-refractivity contribution in [3.8, 4) is 61.7 Å². The number of fused-ring (bicyclic) bond motifs is 5. The van der Waals surface area contributed by atoms with Crippen LogP contribution in [0.25, 0.3) is 105 Å². The predicted octanol–water partition coefficient (Wildman–Crippen LogP) is 16.4. The molecule has 0 bridgehead atoms. The van der Waals surface area contributed by atoms with E-state index in [0.29, 0.717) is 11.3 Å². The van der Waals surface area contributed by atoms with Crippen LogP contribution < -0.4 is 0 Å². The average molecular weight is 1050 g/mol. The fourth-order valence-electron chi connectivity index (χ4n) is 8.64. The minimum atomic E-state index is -2.18. The second-order valence-corrected chi connectivity index (χ2v) is 17.1. The van der Waals surface area contributed by atoms with E-state index in [-0.39, 0.29) is 31.2 Å². The Morgan fingerprint density at radius 1 is 0.576 bits per heavy atom. The average Bonchev–Trinajstić information content (AvgIpc) is 4.09. The van der Waals surface area contributed by atoms with Crippen molar-refractivity contribution in [3.05, 3.63) is 222 Å². The van der Waals surface area contributed by atoms with Crippen LogP contribution in [0.2, 0.25) is 0 Å². The number of benzene rings is 8. The third-order valence-electron chi connectivity index (χ3n) is 11.8. The van der Waals surface area contributed by atoms with Crippen LogP contribution in [-0.2, 0) is 20.1 Å². The Balaban J connectivity index is 0.000000240. The van der Waals surface area contributed by atoms with Crippen LogP contribution in [0.15, 0.2) is 193 Å². The number of pyridine rings is 1. The molecule has 0 amide bonds. The molecule has 0 aliphatic heterocycles. The number of hydrogen-bond donors (Lipinski definition) is 0. The van der Waals surface area contributed by atoms with Gasteiger partial charge in [-0.05, 0) is 108 Å². The van der Waals surface area contributed by atoms with Gasteiger partial charge in [0.25, 0.3) is 0 Å². The SMILES string of the molecule is Cc1cc(-c2ccccc2)c(-n2c(-c3[c-]sc4ccc(-c5ccc6oc7cc(C)ccc7c6c5)cc34)nc3ccccc32)c(-c2ccccc2)c1.[2H]C([2H])([2H])c1c[c-]c(-c2ccc(C([2H])([2H])[2H])cn2)cc1.[Ir]. The molecule has 321 valence electrons. The Morgan fingerprint density at radius 3 is 1.95 bits per heavy atom. The number of imidazole rings is 1. The zero-order valence-electron chi connectivity index (χ0n) is 41.9. The first kappa shape index (κ1) is 36.1. The molecule has 0 saturated carbocycles. The van der Waals surface area contributed by atoms with Gasteiger partial charge in [0.05, 0.1) is 22.5 Å². The molecule has 12 rings (SSSR count). The first-order valence-electron chi connectivity index (χ1n) is 24.4. The maximum absolute atomic E-state index is 7.28. The van der Waals surface area contributed by atoms with E-state index in [9.17, 15) is 0 Å². The Morgan fingerprint density at radius 2 is 1.26 bits per heavy atom. The van der Waals surface area contributed by atoms with Crippen molar-refractivity contribution in [1.29, 1.82) is 0 Å². The molecular formula is C60H43IrN3OS-2. The van der Waals surface area contributed by atoms with Gasteiger partial charge in [-0.2, -0.15) is 0 Å². The molecule has 4 heterocycles. The summed E-state index contributed by atoms with van der Waals surface area (Å²) >= 11 is 1.64. The van der Waals surface area contributed by atoms with Gasteiger partial charge in [-0.1, -0.05) is 144 Å². The molecule has 4 nitrogen and oxygen atoms in total. The summed E-state index contributed by atoms with van der Waals surface area (Å²) in [6.07, 6.45) is 1.30. The van der Waals surface area contributed by atoms with E-state index >= 15 is 0 Å². The Bertz CT molecular complexity index is 3800. The van der Waals surface area contributed by atoms with Gasteiger partial charge in [0.15, 0.2) is 0 Å². The maximum Gasteiger partial charge on any atom is 0.135 e. The van der Waals surface area contributed by atoms with Gasteiger partial charge in [0.2, 0.25) is 0 Å². The van der Waals surface area contributed by atoms with Crippen molar-refractivity contribution in [2.24, 2.45) is 0 Å². The second kappa shape index (κ2) is 18.0. The van der Waals surface area contributed by atoms with Crippen molar-refractivity contribution in [3.63, 3.8) is 0 Å². The van der Waals surface area contributed by atoms with Crippen molar-refractivity contribution >= 4 is 54.4 Å². The van der Waals surface area contributed by atoms with E-state index in [2.05, 4.69) is 187 Å². The zero-order valence-corrected chi connectivity index (χ0v) is 39.1. The zero-order chi connectivity index (χ0) is 49.0. The molecule has 1 radical (unpaired) electrons. The number of rotatable bonds is 6. The van der Waals surface area contributed by atoms with E-state index in [0.717, 1.165) is 88.8 Å². The van der Waals surface area contributed by atoms with Gasteiger partial charge in [-0.15, -0.1) is 40.8 Å². The molecule has 0 aliphatic rings. The fourth-order valence-corrected chi connectivity index (χ4v) is 9.46. The topological polar surface area (TPSA) is 43.9 Å². The van der Waals surface area contributed by atoms with Gasteiger partial charge in [0.1, 0.15) is 11.2 Å². The summed E-state index contributed by atoms with van der Waals surface area (Å²) in [7, 11) is 0. The van der Waals surface area contributed by atoms with E-state index in [1.54, 1.807) is 23.5 Å². The molecule has 6 heteroatoms. The van der Waals surface area contributed by atoms with Crippen LogP contribution in [0.4, 0.5) is 0 Å². The van der Waals surface area contributed by atoms with Crippen LogP contribution in [-0.4, -0.2) is 14.5 Å². The van der Waals surface area contributed by atoms with E-state index in [4.69, 9.17) is 17.6 Å². The van der Waals surface area contributed by atoms with Crippen LogP contribution in [0.5, 0.6) is 0 Å². The summed E-state index contributed by atoms with van der Waals surface area (Å²) in [6.45, 7) is -0.0588. The number of aromatic nitrogens is 3. The molecule has 66 heavy (non-hydrogen) atoms. The third-order valence-corrected chi connectivity index (χ3v) is 12.6. The van der Waals surface area contributed by atoms with Crippen LogP contribution in [0.1, 0.15) is 30.5 Å². The minimum Gasteiger partial charge on any atom is -0.456 e. The minimum absolute atomic E-state index is 0. The third kappa shape index (κ3) is 8.09. The summed E-state index contributed by atoms with van der Waals surface area (Å²) in [5.74, 6) is 0.879. The summed E-state index contributed by atoms with van der Waals surface area (Å²) in [5, 5.41) is 7.11. The smallest absolute Gasteiger partial charge is 0.135 e. The van der Waals surface area contributed by atoms with Crippen molar-refractivity contribution in [2.75, 3.05) is 0 Å². The van der Waals surface area contributed by atoms with Crippen LogP contribution in [0.3, 0.4) is 0 Å². The predicted molar refractivity (Wildman–Crippen MR) is 272 cm³/mol. The standard InChI is InChI=1S/C47H31N2OS.C13H12N.Ir/c1-29-17-20-35-38-26-33(18-21-43(38)50-44(35)25-29)34-19-22-45-39(27-34)40(28-51-45)47-48-41-15-9-10-16-42(41)49(47)46-36(31-11-5-3-6-12-31)23-30(2)24-37(46)32-13-7-4-8-14-32;1-10-3-6-12(7-4-10)13-8-5-11(2)9-14-13;/h3-27H,1-2H3;3-6,8-9H,1-2H3;/q2*-1;/i;1D3,2D3;. The fraction of sp³-hybridized carbons (Fsp3) is 0.0667. The van der Waals surface area contributed by atoms with Crippen LogP contribution >= 0.6 is 11.3 Å². The molecule has 8 aromatic carbocycles. The number of thiophene rings is 1. The Hall–Kier alpha value is -7.21. The summed E-state index contributed by atoms with van der Waals surface area (Å²) < 4.78 is 53.4. The molecule has 0 unspecified atom stereocenters. The number of aryl methyl sites for hydroxylation is 4. The number of para-hydroxylation sites is 2. The van der Waals surface area contributed by atoms with Crippen molar-refractivity contribution in [1.82, 2.24) is 14.5 Å². The summed E-state index contributed by atoms with van der Waals surface area (Å²) in [4.78, 5) is 9.45. The maximum atomic E-state index is 7.28. The number of furan rings is 1. The summed E-state index contributed by atoms with van der Waals surface area (Å²) in [5.41, 5.74) is 16.8. The molecule has 0 atom stereocenters. The molecule has 0 spiro atoms. The largest absolute Gasteiger partial charge is 0.456 e. The quantitative estimate of drug-likeness (QED) is 0.156. The van der Waals surface area contributed by atoms with Gasteiger partial charge >= 0.3 is 0 Å². The van der Waals surface area contributed by atoms with E-state index < -0.39 is 13.7 Å². The van der Waals surface area contributed by atoms with Crippen molar-refractivity contribution < 1.29 is 32.7 Å².